The first-order chi connectivity index (χ1) is 8.61. The average Bonchev–Trinajstić information content (AvgIpc) is 2.75. The Hall–Kier alpha value is -1.23. The fourth-order valence-electron chi connectivity index (χ4n) is 1.78. The van der Waals surface area contributed by atoms with Gasteiger partial charge in [0.2, 0.25) is 0 Å². The quantitative estimate of drug-likeness (QED) is 0.778. The van der Waals surface area contributed by atoms with Crippen LogP contribution in [0.25, 0.3) is 0 Å². The summed E-state index contributed by atoms with van der Waals surface area (Å²) >= 11 is 3.20. The molecule has 18 heavy (non-hydrogen) atoms. The maximum absolute atomic E-state index is 13.0. The van der Waals surface area contributed by atoms with Gasteiger partial charge in [0.15, 0.2) is 0 Å². The van der Waals surface area contributed by atoms with Crippen molar-refractivity contribution in [1.29, 1.82) is 0 Å². The van der Waals surface area contributed by atoms with Crippen LogP contribution in [0.5, 0.6) is 0 Å². The van der Waals surface area contributed by atoms with E-state index in [1.807, 2.05) is 31.2 Å². The third-order valence-electron chi connectivity index (χ3n) is 2.76. The van der Waals surface area contributed by atoms with Gasteiger partial charge in [-0.25, -0.2) is 8.78 Å². The molecule has 0 unspecified atom stereocenters. The van der Waals surface area contributed by atoms with Crippen LogP contribution in [0.15, 0.2) is 30.5 Å². The summed E-state index contributed by atoms with van der Waals surface area (Å²) in [7, 11) is 0. The van der Waals surface area contributed by atoms with E-state index in [0.717, 1.165) is 11.1 Å². The number of aryl methyl sites for hydroxylation is 1. The van der Waals surface area contributed by atoms with Crippen molar-refractivity contribution in [2.24, 2.45) is 0 Å². The second kappa shape index (κ2) is 5.61. The van der Waals surface area contributed by atoms with Crippen molar-refractivity contribution in [3.05, 3.63) is 52.8 Å². The number of hydrogen-bond acceptors (Lipinski definition) is 1. The van der Waals surface area contributed by atoms with E-state index in [2.05, 4.69) is 21.0 Å². The summed E-state index contributed by atoms with van der Waals surface area (Å²) in [4.78, 5) is 0. The fourth-order valence-corrected chi connectivity index (χ4v) is 2.21. The number of alkyl halides is 3. The summed E-state index contributed by atoms with van der Waals surface area (Å²) in [6.45, 7) is 2.36. The molecule has 2 rings (SSSR count). The maximum Gasteiger partial charge on any atom is 0.280 e. The lowest BCUT2D eigenvalue weighted by molar-refractivity contribution is 0.139. The van der Waals surface area contributed by atoms with Crippen LogP contribution < -0.4 is 0 Å². The van der Waals surface area contributed by atoms with Crippen LogP contribution in [0.1, 0.15) is 28.8 Å². The second-order valence-electron chi connectivity index (χ2n) is 4.13. The third kappa shape index (κ3) is 2.77. The molecule has 0 saturated carbocycles. The number of nitrogens with zero attached hydrogens (tertiary/aromatic N) is 2. The van der Waals surface area contributed by atoms with Crippen LogP contribution in [0.2, 0.25) is 0 Å². The third-order valence-corrected chi connectivity index (χ3v) is 3.37. The highest BCUT2D eigenvalue weighted by Crippen LogP contribution is 2.25. The predicted molar refractivity (Wildman–Crippen MR) is 70.1 cm³/mol. The molecule has 1 aromatic heterocycles. The first-order valence-corrected chi connectivity index (χ1v) is 6.68. The largest absolute Gasteiger partial charge is 0.280 e. The van der Waals surface area contributed by atoms with Gasteiger partial charge in [0.25, 0.3) is 6.43 Å². The normalized spacial score (nSPS) is 11.2. The molecule has 0 aliphatic heterocycles. The van der Waals surface area contributed by atoms with Crippen molar-refractivity contribution >= 4 is 15.9 Å². The Morgan fingerprint density at radius 2 is 1.94 bits per heavy atom. The summed E-state index contributed by atoms with van der Waals surface area (Å²) in [6.07, 6.45) is -1.02. The highest BCUT2D eigenvalue weighted by molar-refractivity contribution is 9.08. The van der Waals surface area contributed by atoms with Crippen LogP contribution in [0.3, 0.4) is 0 Å². The Kier molecular flexibility index (Phi) is 4.11. The van der Waals surface area contributed by atoms with E-state index in [-0.39, 0.29) is 5.69 Å². The van der Waals surface area contributed by atoms with Gasteiger partial charge in [-0.3, -0.25) is 4.68 Å². The van der Waals surface area contributed by atoms with Crippen LogP contribution in [-0.2, 0) is 11.9 Å². The SMILES string of the molecule is Cc1ccc(Cn2ncc(CBr)c2C(F)F)cc1. The predicted octanol–water partition coefficient (Wildman–Crippen LogP) is 4.07. The smallest absolute Gasteiger partial charge is 0.259 e. The highest BCUT2D eigenvalue weighted by atomic mass is 79.9. The van der Waals surface area contributed by atoms with Crippen LogP contribution in [0.4, 0.5) is 8.78 Å². The summed E-state index contributed by atoms with van der Waals surface area (Å²) in [6, 6.07) is 7.79. The molecule has 0 aliphatic carbocycles. The molecule has 0 spiro atoms. The van der Waals surface area contributed by atoms with Crippen LogP contribution >= 0.6 is 15.9 Å². The molecule has 0 N–H and O–H groups in total. The first-order valence-electron chi connectivity index (χ1n) is 5.56. The number of halogens is 3. The topological polar surface area (TPSA) is 17.8 Å². The molecule has 0 aliphatic rings. The molecule has 1 heterocycles. The molecule has 1 aromatic carbocycles. The lowest BCUT2D eigenvalue weighted by Gasteiger charge is -2.08. The van der Waals surface area contributed by atoms with Gasteiger partial charge >= 0.3 is 0 Å². The van der Waals surface area contributed by atoms with E-state index in [1.165, 1.54) is 10.9 Å². The molecule has 5 heteroatoms. The summed E-state index contributed by atoms with van der Waals surface area (Å²) in [5.41, 5.74) is 2.64. The Labute approximate surface area is 113 Å². The van der Waals surface area contributed by atoms with Gasteiger partial charge in [0.1, 0.15) is 5.69 Å². The minimum atomic E-state index is -2.51. The summed E-state index contributed by atoms with van der Waals surface area (Å²) in [5.74, 6) is 0. The van der Waals surface area contributed by atoms with Gasteiger partial charge in [-0.05, 0) is 12.5 Å². The van der Waals surface area contributed by atoms with E-state index in [0.29, 0.717) is 17.4 Å². The minimum absolute atomic E-state index is 0.00699. The summed E-state index contributed by atoms with van der Waals surface area (Å²) in [5, 5.41) is 4.42. The Balaban J connectivity index is 2.28. The monoisotopic (exact) mass is 314 g/mol. The van der Waals surface area contributed by atoms with Crippen molar-refractivity contribution in [2.45, 2.75) is 25.2 Å². The molecule has 0 fully saturated rings. The van der Waals surface area contributed by atoms with Crippen molar-refractivity contribution in [3.63, 3.8) is 0 Å². The van der Waals surface area contributed by atoms with Crippen LogP contribution in [-0.4, -0.2) is 9.78 Å². The lowest BCUT2D eigenvalue weighted by Crippen LogP contribution is -2.07. The Bertz CT molecular complexity index is 520. The molecule has 0 radical (unpaired) electrons. The highest BCUT2D eigenvalue weighted by Gasteiger charge is 2.19. The standard InChI is InChI=1S/C13H13BrF2N2/c1-9-2-4-10(5-3-9)8-18-12(13(15)16)11(6-14)7-17-18/h2-5,7,13H,6,8H2,1H3. The van der Waals surface area contributed by atoms with Crippen molar-refractivity contribution in [2.75, 3.05) is 0 Å². The second-order valence-corrected chi connectivity index (χ2v) is 4.69. The number of aromatic nitrogens is 2. The van der Waals surface area contributed by atoms with Gasteiger partial charge in [-0.15, -0.1) is 0 Å². The maximum atomic E-state index is 13.0. The van der Waals surface area contributed by atoms with E-state index in [4.69, 9.17) is 0 Å². The van der Waals surface area contributed by atoms with Gasteiger partial charge in [0.05, 0.1) is 12.7 Å². The summed E-state index contributed by atoms with van der Waals surface area (Å²) < 4.78 is 27.4. The van der Waals surface area contributed by atoms with E-state index >= 15 is 0 Å². The van der Waals surface area contributed by atoms with Gasteiger partial charge < -0.3 is 0 Å². The molecular weight excluding hydrogens is 302 g/mol. The molecular formula is C13H13BrF2N2. The molecule has 0 atom stereocenters. The van der Waals surface area contributed by atoms with Crippen molar-refractivity contribution in [1.82, 2.24) is 9.78 Å². The van der Waals surface area contributed by atoms with E-state index in [1.54, 1.807) is 0 Å². The molecule has 2 aromatic rings. The Morgan fingerprint density at radius 3 is 2.50 bits per heavy atom. The molecule has 0 bridgehead atoms. The number of benzene rings is 1. The number of rotatable bonds is 4. The zero-order valence-electron chi connectivity index (χ0n) is 9.91. The fraction of sp³-hybridized carbons (Fsp3) is 0.308. The van der Waals surface area contributed by atoms with E-state index < -0.39 is 6.43 Å². The van der Waals surface area contributed by atoms with Gasteiger partial charge in [0, 0.05) is 10.9 Å². The van der Waals surface area contributed by atoms with Crippen LogP contribution in [0, 0.1) is 6.92 Å². The minimum Gasteiger partial charge on any atom is -0.259 e. The first kappa shape index (κ1) is 13.2. The molecule has 0 amide bonds. The van der Waals surface area contributed by atoms with E-state index in [9.17, 15) is 8.78 Å². The van der Waals surface area contributed by atoms with Gasteiger partial charge in [-0.1, -0.05) is 45.8 Å². The molecule has 96 valence electrons. The zero-order valence-corrected chi connectivity index (χ0v) is 11.5. The zero-order chi connectivity index (χ0) is 13.1. The Morgan fingerprint density at radius 1 is 1.28 bits per heavy atom. The van der Waals surface area contributed by atoms with Crippen molar-refractivity contribution in [3.8, 4) is 0 Å². The van der Waals surface area contributed by atoms with Crippen molar-refractivity contribution < 1.29 is 8.78 Å². The average molecular weight is 315 g/mol. The molecule has 2 nitrogen and oxygen atoms in total. The number of hydrogen-bond donors (Lipinski definition) is 0. The lowest BCUT2D eigenvalue weighted by atomic mass is 10.1. The van der Waals surface area contributed by atoms with Gasteiger partial charge in [-0.2, -0.15) is 5.10 Å². The molecule has 0 saturated heterocycles.